The summed E-state index contributed by atoms with van der Waals surface area (Å²) in [6.45, 7) is 6.15. The molecular weight excluding hydrogens is 248 g/mol. The van der Waals surface area contributed by atoms with Gasteiger partial charge in [-0.15, -0.1) is 0 Å². The summed E-state index contributed by atoms with van der Waals surface area (Å²) in [4.78, 5) is 4.53. The Kier molecular flexibility index (Phi) is 4.74. The first kappa shape index (κ1) is 14.5. The Hall–Kier alpha value is -1.87. The summed E-state index contributed by atoms with van der Waals surface area (Å²) in [6.07, 6.45) is 1.73. The molecule has 2 N–H and O–H groups in total. The van der Waals surface area contributed by atoms with Crippen molar-refractivity contribution in [2.45, 2.75) is 39.7 Å². The number of hydrogen-bond acceptors (Lipinski definition) is 3. The lowest BCUT2D eigenvalue weighted by Crippen LogP contribution is -2.10. The number of hydrogen-bond donors (Lipinski definition) is 1. The molecule has 1 heterocycles. The molecule has 0 aliphatic carbocycles. The molecule has 1 atom stereocenters. The van der Waals surface area contributed by atoms with Crippen molar-refractivity contribution in [3.8, 4) is 11.5 Å². The van der Waals surface area contributed by atoms with Crippen molar-refractivity contribution < 1.29 is 4.74 Å². The molecule has 106 valence electrons. The normalized spacial score (nSPS) is 12.2. The third-order valence-corrected chi connectivity index (χ3v) is 3.38. The summed E-state index contributed by atoms with van der Waals surface area (Å²) in [6, 6.07) is 11.9. The zero-order valence-electron chi connectivity index (χ0n) is 12.4. The van der Waals surface area contributed by atoms with E-state index in [0.29, 0.717) is 0 Å². The zero-order valence-corrected chi connectivity index (χ0v) is 12.4. The van der Waals surface area contributed by atoms with Crippen molar-refractivity contribution in [3.05, 3.63) is 53.3 Å². The number of ether oxygens (including phenoxy) is 1. The van der Waals surface area contributed by atoms with Crippen LogP contribution in [0.2, 0.25) is 0 Å². The van der Waals surface area contributed by atoms with Crippen molar-refractivity contribution in [1.29, 1.82) is 0 Å². The van der Waals surface area contributed by atoms with Gasteiger partial charge in [-0.1, -0.05) is 32.0 Å². The highest BCUT2D eigenvalue weighted by atomic mass is 16.5. The van der Waals surface area contributed by atoms with E-state index in [1.54, 1.807) is 0 Å². The van der Waals surface area contributed by atoms with Gasteiger partial charge in [0.15, 0.2) is 0 Å². The van der Waals surface area contributed by atoms with Gasteiger partial charge in [0.05, 0.1) is 5.69 Å². The fraction of sp³-hybridized carbons (Fsp3) is 0.353. The predicted molar refractivity (Wildman–Crippen MR) is 82.1 cm³/mol. The number of aromatic nitrogens is 1. The van der Waals surface area contributed by atoms with Gasteiger partial charge < -0.3 is 10.5 Å². The van der Waals surface area contributed by atoms with Gasteiger partial charge in [0.2, 0.25) is 0 Å². The van der Waals surface area contributed by atoms with E-state index in [9.17, 15) is 0 Å². The number of nitrogens with two attached hydrogens (primary N) is 1. The highest BCUT2D eigenvalue weighted by molar-refractivity contribution is 5.41. The number of pyridine rings is 1. The zero-order chi connectivity index (χ0) is 14.5. The van der Waals surface area contributed by atoms with Crippen LogP contribution in [0.3, 0.4) is 0 Å². The van der Waals surface area contributed by atoms with Gasteiger partial charge >= 0.3 is 0 Å². The summed E-state index contributed by atoms with van der Waals surface area (Å²) in [5.74, 6) is 1.64. The van der Waals surface area contributed by atoms with Crippen LogP contribution in [0.5, 0.6) is 11.5 Å². The lowest BCUT2D eigenvalue weighted by atomic mass is 10.0. The number of aryl methyl sites for hydroxylation is 2. The molecule has 0 saturated carbocycles. The number of rotatable bonds is 5. The van der Waals surface area contributed by atoms with E-state index in [0.717, 1.165) is 41.3 Å². The number of para-hydroxylation sites is 1. The van der Waals surface area contributed by atoms with Gasteiger partial charge in [-0.2, -0.15) is 0 Å². The molecule has 1 aromatic heterocycles. The topological polar surface area (TPSA) is 48.1 Å². The predicted octanol–water partition coefficient (Wildman–Crippen LogP) is 4.15. The second-order valence-electron chi connectivity index (χ2n) is 4.91. The van der Waals surface area contributed by atoms with Gasteiger partial charge in [-0.3, -0.25) is 4.98 Å². The third kappa shape index (κ3) is 3.17. The Balaban J connectivity index is 2.35. The smallest absolute Gasteiger partial charge is 0.148 e. The minimum atomic E-state index is -0.00492. The van der Waals surface area contributed by atoms with Crippen LogP contribution >= 0.6 is 0 Å². The van der Waals surface area contributed by atoms with E-state index in [2.05, 4.69) is 18.8 Å². The minimum absolute atomic E-state index is 0.00492. The Bertz CT molecular complexity index is 581. The molecule has 20 heavy (non-hydrogen) atoms. The highest BCUT2D eigenvalue weighted by Crippen LogP contribution is 2.31. The molecule has 0 amide bonds. The lowest BCUT2D eigenvalue weighted by molar-refractivity contribution is 0.460. The molecule has 0 bridgehead atoms. The van der Waals surface area contributed by atoms with Crippen LogP contribution in [0.15, 0.2) is 36.4 Å². The van der Waals surface area contributed by atoms with E-state index < -0.39 is 0 Å². The first-order valence-corrected chi connectivity index (χ1v) is 7.14. The first-order valence-electron chi connectivity index (χ1n) is 7.14. The summed E-state index contributed by atoms with van der Waals surface area (Å²) in [7, 11) is 0. The lowest BCUT2D eigenvalue weighted by Gasteiger charge is -2.16. The van der Waals surface area contributed by atoms with E-state index >= 15 is 0 Å². The molecule has 3 heteroatoms. The van der Waals surface area contributed by atoms with Crippen LogP contribution in [-0.4, -0.2) is 4.98 Å². The van der Waals surface area contributed by atoms with Gasteiger partial charge in [-0.25, -0.2) is 0 Å². The van der Waals surface area contributed by atoms with Crippen LogP contribution in [0.1, 0.15) is 43.3 Å². The molecule has 0 aliphatic heterocycles. The van der Waals surface area contributed by atoms with Gasteiger partial charge in [0.25, 0.3) is 0 Å². The molecule has 3 nitrogen and oxygen atoms in total. The molecule has 0 spiro atoms. The highest BCUT2D eigenvalue weighted by Gasteiger charge is 2.12. The minimum Gasteiger partial charge on any atom is -0.455 e. The molecule has 0 saturated heterocycles. The summed E-state index contributed by atoms with van der Waals surface area (Å²) >= 11 is 0. The molecule has 0 unspecified atom stereocenters. The van der Waals surface area contributed by atoms with E-state index in [1.807, 2.05) is 43.3 Å². The maximum Gasteiger partial charge on any atom is 0.148 e. The van der Waals surface area contributed by atoms with Crippen LogP contribution in [0.4, 0.5) is 0 Å². The average molecular weight is 270 g/mol. The Morgan fingerprint density at radius 3 is 2.55 bits per heavy atom. The molecule has 2 rings (SSSR count). The van der Waals surface area contributed by atoms with E-state index in [-0.39, 0.29) is 6.04 Å². The number of benzene rings is 1. The van der Waals surface area contributed by atoms with Crippen LogP contribution in [-0.2, 0) is 6.42 Å². The van der Waals surface area contributed by atoms with Crippen LogP contribution < -0.4 is 10.5 Å². The Labute approximate surface area is 120 Å². The molecule has 1 aromatic carbocycles. The van der Waals surface area contributed by atoms with Crippen molar-refractivity contribution in [1.82, 2.24) is 4.98 Å². The molecule has 0 radical (unpaired) electrons. The van der Waals surface area contributed by atoms with Gasteiger partial charge in [-0.05, 0) is 38.0 Å². The van der Waals surface area contributed by atoms with Crippen molar-refractivity contribution in [3.63, 3.8) is 0 Å². The number of nitrogens with zero attached hydrogens (tertiary/aromatic N) is 1. The Morgan fingerprint density at radius 1 is 1.10 bits per heavy atom. The average Bonchev–Trinajstić information content (AvgIpc) is 2.48. The van der Waals surface area contributed by atoms with Gasteiger partial charge in [0, 0.05) is 17.3 Å². The third-order valence-electron chi connectivity index (χ3n) is 3.38. The van der Waals surface area contributed by atoms with Gasteiger partial charge in [0.1, 0.15) is 11.5 Å². The van der Waals surface area contributed by atoms with E-state index in [1.165, 1.54) is 0 Å². The van der Waals surface area contributed by atoms with E-state index in [4.69, 9.17) is 10.5 Å². The fourth-order valence-electron chi connectivity index (χ4n) is 2.16. The molecular formula is C17H22N2O. The summed E-state index contributed by atoms with van der Waals surface area (Å²) in [5.41, 5.74) is 9.17. The van der Waals surface area contributed by atoms with Crippen molar-refractivity contribution in [2.75, 3.05) is 0 Å². The quantitative estimate of drug-likeness (QED) is 0.887. The second-order valence-corrected chi connectivity index (χ2v) is 4.91. The van der Waals surface area contributed by atoms with Crippen molar-refractivity contribution >= 4 is 0 Å². The maximum absolute atomic E-state index is 6.15. The van der Waals surface area contributed by atoms with Crippen molar-refractivity contribution in [2.24, 2.45) is 5.73 Å². The van der Waals surface area contributed by atoms with Crippen LogP contribution in [0.25, 0.3) is 0 Å². The summed E-state index contributed by atoms with van der Waals surface area (Å²) in [5, 5.41) is 0. The SMILES string of the molecule is CCc1nc(C)ccc1Oc1ccccc1[C@H](N)CC. The maximum atomic E-state index is 6.15. The standard InChI is InChI=1S/C17H22N2O/c1-4-14(18)13-8-6-7-9-16(13)20-17-11-10-12(3)19-15(17)5-2/h6-11,14H,4-5,18H2,1-3H3/t14-/m1/s1. The Morgan fingerprint density at radius 2 is 1.85 bits per heavy atom. The molecule has 0 aliphatic rings. The summed E-state index contributed by atoms with van der Waals surface area (Å²) < 4.78 is 6.07. The molecule has 0 fully saturated rings. The second kappa shape index (κ2) is 6.53. The first-order chi connectivity index (χ1) is 9.65. The largest absolute Gasteiger partial charge is 0.455 e. The van der Waals surface area contributed by atoms with Crippen LogP contribution in [0, 0.1) is 6.92 Å². The molecule has 2 aromatic rings. The fourth-order valence-corrected chi connectivity index (χ4v) is 2.16. The monoisotopic (exact) mass is 270 g/mol.